The summed E-state index contributed by atoms with van der Waals surface area (Å²) in [6.45, 7) is 13.8. The third-order valence-electron chi connectivity index (χ3n) is 4.98. The third-order valence-corrected chi connectivity index (χ3v) is 10.8. The Morgan fingerprint density at radius 3 is 2.05 bits per heavy atom. The smallest absolute Gasteiger partial charge is 0.295 e. The molecule has 0 fully saturated rings. The molecule has 2 rings (SSSR count). The van der Waals surface area contributed by atoms with Crippen LogP contribution in [0.5, 0.6) is 0 Å². The predicted octanol–water partition coefficient (Wildman–Crippen LogP) is 5.53. The lowest BCUT2D eigenvalue weighted by Crippen LogP contribution is -2.46. The monoisotopic (exact) mass is 303 g/mol. The van der Waals surface area contributed by atoms with Crippen LogP contribution in [0.2, 0.25) is 16.6 Å². The number of benzene rings is 1. The van der Waals surface area contributed by atoms with Crippen LogP contribution in [0.15, 0.2) is 29.4 Å². The predicted molar refractivity (Wildman–Crippen MR) is 93.4 cm³/mol. The van der Waals surface area contributed by atoms with E-state index in [-0.39, 0.29) is 0 Å². The van der Waals surface area contributed by atoms with E-state index in [4.69, 9.17) is 4.53 Å². The van der Waals surface area contributed by atoms with E-state index in [1.807, 2.05) is 0 Å². The van der Waals surface area contributed by atoms with Crippen molar-refractivity contribution in [2.24, 2.45) is 5.16 Å². The molecule has 2 nitrogen and oxygen atoms in total. The number of hydrogen-bond donors (Lipinski definition) is 0. The van der Waals surface area contributed by atoms with Crippen LogP contribution in [0.1, 0.15) is 59.1 Å². The molecule has 1 aliphatic carbocycles. The van der Waals surface area contributed by atoms with E-state index in [1.54, 1.807) is 0 Å². The molecular weight excluding hydrogens is 274 g/mol. The Morgan fingerprint density at radius 2 is 1.48 bits per heavy atom. The van der Waals surface area contributed by atoms with Crippen LogP contribution in [0.4, 0.5) is 0 Å². The molecule has 0 saturated heterocycles. The maximum absolute atomic E-state index is 6.38. The number of hydrogen-bond acceptors (Lipinski definition) is 2. The molecule has 0 spiro atoms. The molecule has 3 heteroatoms. The molecule has 1 aliphatic rings. The van der Waals surface area contributed by atoms with Gasteiger partial charge in [0.2, 0.25) is 0 Å². The van der Waals surface area contributed by atoms with Crippen molar-refractivity contribution >= 4 is 14.0 Å². The first-order valence-electron chi connectivity index (χ1n) is 8.22. The van der Waals surface area contributed by atoms with Gasteiger partial charge in [0.05, 0.1) is 5.71 Å². The van der Waals surface area contributed by atoms with Crippen LogP contribution < -0.4 is 0 Å². The fraction of sp³-hybridized carbons (Fsp3) is 0.611. The van der Waals surface area contributed by atoms with E-state index in [0.29, 0.717) is 16.6 Å². The zero-order valence-electron chi connectivity index (χ0n) is 14.3. The van der Waals surface area contributed by atoms with Gasteiger partial charge in [-0.3, -0.25) is 0 Å². The van der Waals surface area contributed by atoms with Gasteiger partial charge in [-0.2, -0.15) is 0 Å². The fourth-order valence-corrected chi connectivity index (χ4v) is 8.85. The highest BCUT2D eigenvalue weighted by atomic mass is 28.4. The molecule has 21 heavy (non-hydrogen) atoms. The van der Waals surface area contributed by atoms with Crippen LogP contribution in [-0.4, -0.2) is 14.0 Å². The van der Waals surface area contributed by atoms with Crippen LogP contribution in [0, 0.1) is 0 Å². The van der Waals surface area contributed by atoms with Gasteiger partial charge < -0.3 is 4.53 Å². The summed E-state index contributed by atoms with van der Waals surface area (Å²) in [5.74, 6) is 0. The minimum atomic E-state index is -1.90. The standard InChI is InChI=1S/C18H29NOSi/c1-13(2)21(14(3)4,15(5)6)20-19-18-12-11-16-9-7-8-10-17(16)18/h7-10,13-15H,11-12H2,1-6H3/b19-18+. The van der Waals surface area contributed by atoms with Crippen LogP contribution in [0.3, 0.4) is 0 Å². The fourth-order valence-electron chi connectivity index (χ4n) is 3.95. The van der Waals surface area contributed by atoms with E-state index in [2.05, 4.69) is 71.0 Å². The molecule has 0 N–H and O–H groups in total. The molecule has 0 radical (unpaired) electrons. The quantitative estimate of drug-likeness (QED) is 0.518. The average Bonchev–Trinajstić information content (AvgIpc) is 2.82. The van der Waals surface area contributed by atoms with Gasteiger partial charge in [-0.15, -0.1) is 5.16 Å². The largest absolute Gasteiger partial charge is 0.454 e. The lowest BCUT2D eigenvalue weighted by molar-refractivity contribution is 0.296. The van der Waals surface area contributed by atoms with Gasteiger partial charge >= 0.3 is 0 Å². The van der Waals surface area contributed by atoms with Crippen LogP contribution in [-0.2, 0) is 10.9 Å². The lowest BCUT2D eigenvalue weighted by Gasteiger charge is -2.39. The molecule has 0 heterocycles. The normalized spacial score (nSPS) is 17.1. The van der Waals surface area contributed by atoms with E-state index < -0.39 is 8.32 Å². The highest BCUT2D eigenvalue weighted by Crippen LogP contribution is 2.42. The summed E-state index contributed by atoms with van der Waals surface area (Å²) in [7, 11) is -1.90. The molecule has 0 bridgehead atoms. The Labute approximate surface area is 130 Å². The van der Waals surface area contributed by atoms with E-state index >= 15 is 0 Å². The summed E-state index contributed by atoms with van der Waals surface area (Å²) in [4.78, 5) is 0. The molecule has 116 valence electrons. The molecule has 1 aromatic carbocycles. The van der Waals surface area contributed by atoms with Gasteiger partial charge in [0.25, 0.3) is 8.32 Å². The summed E-state index contributed by atoms with van der Waals surface area (Å²) in [6, 6.07) is 8.58. The third kappa shape index (κ3) is 2.94. The maximum Gasteiger partial charge on any atom is 0.295 e. The van der Waals surface area contributed by atoms with Crippen LogP contribution in [0.25, 0.3) is 0 Å². The second kappa shape index (κ2) is 6.35. The lowest BCUT2D eigenvalue weighted by atomic mass is 10.1. The zero-order chi connectivity index (χ0) is 15.6. The molecule has 0 atom stereocenters. The highest BCUT2D eigenvalue weighted by molar-refractivity contribution is 6.77. The van der Waals surface area contributed by atoms with Crippen molar-refractivity contribution in [3.63, 3.8) is 0 Å². The Hall–Kier alpha value is -1.09. The van der Waals surface area contributed by atoms with Crippen molar-refractivity contribution in [3.05, 3.63) is 35.4 Å². The van der Waals surface area contributed by atoms with Gasteiger partial charge in [-0.25, -0.2) is 0 Å². The first-order valence-corrected chi connectivity index (χ1v) is 10.4. The van der Waals surface area contributed by atoms with E-state index in [1.165, 1.54) is 11.1 Å². The number of rotatable bonds is 5. The van der Waals surface area contributed by atoms with Crippen molar-refractivity contribution in [2.75, 3.05) is 0 Å². The van der Waals surface area contributed by atoms with Crippen molar-refractivity contribution in [2.45, 2.75) is 71.0 Å². The van der Waals surface area contributed by atoms with Gasteiger partial charge in [0, 0.05) is 5.56 Å². The highest BCUT2D eigenvalue weighted by Gasteiger charge is 2.48. The maximum atomic E-state index is 6.38. The molecule has 0 aliphatic heterocycles. The molecule has 0 amide bonds. The molecule has 1 aromatic rings. The van der Waals surface area contributed by atoms with Gasteiger partial charge in [-0.05, 0) is 35.0 Å². The minimum Gasteiger partial charge on any atom is -0.454 e. The summed E-state index contributed by atoms with van der Waals surface area (Å²) >= 11 is 0. The summed E-state index contributed by atoms with van der Waals surface area (Å²) < 4.78 is 6.38. The number of aryl methyl sites for hydroxylation is 1. The van der Waals surface area contributed by atoms with Crippen LogP contribution >= 0.6 is 0 Å². The number of fused-ring (bicyclic) bond motifs is 1. The van der Waals surface area contributed by atoms with E-state index in [0.717, 1.165) is 18.6 Å². The summed E-state index contributed by atoms with van der Waals surface area (Å²) in [5.41, 5.74) is 5.54. The number of nitrogens with zero attached hydrogens (tertiary/aromatic N) is 1. The summed E-state index contributed by atoms with van der Waals surface area (Å²) in [5, 5.41) is 4.68. The van der Waals surface area contributed by atoms with Crippen molar-refractivity contribution < 1.29 is 4.53 Å². The van der Waals surface area contributed by atoms with Crippen molar-refractivity contribution in [1.29, 1.82) is 0 Å². The van der Waals surface area contributed by atoms with E-state index in [9.17, 15) is 0 Å². The first-order chi connectivity index (χ1) is 9.89. The van der Waals surface area contributed by atoms with Gasteiger partial charge in [0.15, 0.2) is 0 Å². The Balaban J connectivity index is 2.30. The Kier molecular flexibility index (Phi) is 4.92. The van der Waals surface area contributed by atoms with Gasteiger partial charge in [0.1, 0.15) is 0 Å². The van der Waals surface area contributed by atoms with Crippen molar-refractivity contribution in [3.8, 4) is 0 Å². The number of oxime groups is 1. The Morgan fingerprint density at radius 1 is 0.905 bits per heavy atom. The molecule has 0 saturated carbocycles. The van der Waals surface area contributed by atoms with Gasteiger partial charge in [-0.1, -0.05) is 65.8 Å². The molecule has 0 unspecified atom stereocenters. The topological polar surface area (TPSA) is 21.6 Å². The average molecular weight is 304 g/mol. The second-order valence-corrected chi connectivity index (χ2v) is 12.5. The molecule has 0 aromatic heterocycles. The molecular formula is C18H29NOSi. The summed E-state index contributed by atoms with van der Waals surface area (Å²) in [6.07, 6.45) is 2.11. The SMILES string of the molecule is CC(C)[Si](O/N=C1\CCc2ccccc21)(C(C)C)C(C)C. The first kappa shape index (κ1) is 16.3. The van der Waals surface area contributed by atoms with Crippen molar-refractivity contribution in [1.82, 2.24) is 0 Å². The minimum absolute atomic E-state index is 0.568. The second-order valence-electron chi connectivity index (χ2n) is 7.10. The Bertz CT molecular complexity index is 498. The zero-order valence-corrected chi connectivity index (χ0v) is 15.3.